The highest BCUT2D eigenvalue weighted by Gasteiger charge is 2.22. The molecule has 0 saturated heterocycles. The fraction of sp³-hybridized carbons (Fsp3) is 0.357. The molecule has 0 unspecified atom stereocenters. The number of amides is 3. The molecule has 2 aromatic carbocycles. The molecule has 0 aliphatic heterocycles. The summed E-state index contributed by atoms with van der Waals surface area (Å²) in [5, 5.41) is 2.99. The zero-order chi connectivity index (χ0) is 24.3. The van der Waals surface area contributed by atoms with E-state index in [4.69, 9.17) is 0 Å². The van der Waals surface area contributed by atoms with E-state index in [9.17, 15) is 9.59 Å². The fourth-order valence-electron chi connectivity index (χ4n) is 3.73. The fourth-order valence-corrected chi connectivity index (χ4v) is 4.64. The van der Waals surface area contributed by atoms with E-state index in [1.807, 2.05) is 59.5 Å². The smallest absolute Gasteiger partial charge is 0.322 e. The maximum Gasteiger partial charge on any atom is 0.322 e. The molecule has 1 heterocycles. The summed E-state index contributed by atoms with van der Waals surface area (Å²) in [6, 6.07) is 21.8. The number of benzene rings is 2. The highest BCUT2D eigenvalue weighted by Crippen LogP contribution is 2.19. The van der Waals surface area contributed by atoms with Crippen LogP contribution in [0.15, 0.2) is 66.7 Å². The first kappa shape index (κ1) is 25.5. The lowest BCUT2D eigenvalue weighted by Gasteiger charge is -2.28. The number of carbonyl (C=O) groups is 2. The van der Waals surface area contributed by atoms with Gasteiger partial charge in [0.25, 0.3) is 0 Å². The van der Waals surface area contributed by atoms with Crippen LogP contribution in [-0.2, 0) is 24.3 Å². The average molecular weight is 478 g/mol. The average Bonchev–Trinajstić information content (AvgIpc) is 3.26. The summed E-state index contributed by atoms with van der Waals surface area (Å²) in [5.74, 6) is -0.0523. The molecule has 0 radical (unpaired) electrons. The van der Waals surface area contributed by atoms with Crippen LogP contribution in [0.25, 0.3) is 0 Å². The Labute approximate surface area is 207 Å². The normalized spacial score (nSPS) is 10.7. The molecular formula is C28H35N3O2S. The molecule has 0 aliphatic rings. The number of unbranched alkanes of at least 4 members (excludes halogenated alkanes) is 1. The molecule has 6 heteroatoms. The van der Waals surface area contributed by atoms with Crippen molar-refractivity contribution in [2.75, 3.05) is 18.4 Å². The molecular weight excluding hydrogens is 442 g/mol. The van der Waals surface area contributed by atoms with Crippen molar-refractivity contribution in [3.8, 4) is 0 Å². The Bertz CT molecular complexity index is 1060. The maximum atomic E-state index is 13.5. The van der Waals surface area contributed by atoms with Gasteiger partial charge in [-0.1, -0.05) is 62.7 Å². The van der Waals surface area contributed by atoms with E-state index >= 15 is 0 Å². The molecule has 3 amide bonds. The molecule has 0 bridgehead atoms. The lowest BCUT2D eigenvalue weighted by Crippen LogP contribution is -2.44. The summed E-state index contributed by atoms with van der Waals surface area (Å²) < 4.78 is 0. The van der Waals surface area contributed by atoms with Gasteiger partial charge in [0.2, 0.25) is 5.91 Å². The molecule has 0 atom stereocenters. The third kappa shape index (κ3) is 7.73. The SMILES string of the molecule is CCCCN(CC(=O)N(Cc1ccccc1)Cc1ccc(C)s1)C(=O)Nc1cccc(CC)c1. The highest BCUT2D eigenvalue weighted by molar-refractivity contribution is 7.11. The standard InChI is InChI=1S/C28H35N3O2S/c1-4-6-17-30(28(33)29-25-14-10-13-23(5-2)18-25)21-27(32)31(19-24-11-8-7-9-12-24)20-26-16-15-22(3)34-26/h7-16,18H,4-6,17,19-21H2,1-3H3,(H,29,33). The molecule has 34 heavy (non-hydrogen) atoms. The summed E-state index contributed by atoms with van der Waals surface area (Å²) >= 11 is 1.70. The van der Waals surface area contributed by atoms with E-state index in [1.165, 1.54) is 4.88 Å². The second kappa shape index (κ2) is 12.9. The summed E-state index contributed by atoms with van der Waals surface area (Å²) in [7, 11) is 0. The number of hydrogen-bond acceptors (Lipinski definition) is 3. The van der Waals surface area contributed by atoms with Crippen molar-refractivity contribution in [2.45, 2.75) is 53.1 Å². The van der Waals surface area contributed by atoms with E-state index < -0.39 is 0 Å². The van der Waals surface area contributed by atoms with Crippen molar-refractivity contribution < 1.29 is 9.59 Å². The molecule has 0 saturated carbocycles. The number of rotatable bonds is 11. The van der Waals surface area contributed by atoms with Crippen molar-refractivity contribution in [3.63, 3.8) is 0 Å². The molecule has 3 rings (SSSR count). The molecule has 3 aromatic rings. The summed E-state index contributed by atoms with van der Waals surface area (Å²) in [6.45, 7) is 7.89. The number of hydrogen-bond donors (Lipinski definition) is 1. The largest absolute Gasteiger partial charge is 0.332 e. The van der Waals surface area contributed by atoms with Gasteiger partial charge in [-0.15, -0.1) is 11.3 Å². The van der Waals surface area contributed by atoms with Gasteiger partial charge in [-0.3, -0.25) is 4.79 Å². The molecule has 0 aliphatic carbocycles. The molecule has 5 nitrogen and oxygen atoms in total. The minimum atomic E-state index is -0.235. The third-order valence-corrected chi connectivity index (χ3v) is 6.68. The number of urea groups is 1. The van der Waals surface area contributed by atoms with Crippen molar-refractivity contribution in [2.24, 2.45) is 0 Å². The van der Waals surface area contributed by atoms with Crippen LogP contribution in [0.2, 0.25) is 0 Å². The van der Waals surface area contributed by atoms with Crippen LogP contribution in [0.3, 0.4) is 0 Å². The quantitative estimate of drug-likeness (QED) is 0.343. The maximum absolute atomic E-state index is 13.5. The van der Waals surface area contributed by atoms with Gasteiger partial charge in [-0.25, -0.2) is 4.79 Å². The highest BCUT2D eigenvalue weighted by atomic mass is 32.1. The van der Waals surface area contributed by atoms with E-state index in [2.05, 4.69) is 38.2 Å². The van der Waals surface area contributed by atoms with Crippen LogP contribution in [0.5, 0.6) is 0 Å². The van der Waals surface area contributed by atoms with Crippen molar-refractivity contribution >= 4 is 29.0 Å². The van der Waals surface area contributed by atoms with Gasteiger partial charge in [0.1, 0.15) is 6.54 Å². The van der Waals surface area contributed by atoms with Crippen LogP contribution >= 0.6 is 11.3 Å². The number of nitrogens with zero attached hydrogens (tertiary/aromatic N) is 2. The van der Waals surface area contributed by atoms with Crippen LogP contribution in [0.4, 0.5) is 10.5 Å². The van der Waals surface area contributed by atoms with Gasteiger partial charge in [0.05, 0.1) is 6.54 Å². The Morgan fingerprint density at radius 2 is 1.65 bits per heavy atom. The van der Waals surface area contributed by atoms with E-state index in [0.717, 1.165) is 41.0 Å². The second-order valence-corrected chi connectivity index (χ2v) is 9.88. The van der Waals surface area contributed by atoms with E-state index in [0.29, 0.717) is 19.6 Å². The van der Waals surface area contributed by atoms with E-state index in [-0.39, 0.29) is 18.5 Å². The number of anilines is 1. The summed E-state index contributed by atoms with van der Waals surface area (Å²) in [4.78, 5) is 32.5. The lowest BCUT2D eigenvalue weighted by molar-refractivity contribution is -0.133. The van der Waals surface area contributed by atoms with Crippen molar-refractivity contribution in [1.29, 1.82) is 0 Å². The van der Waals surface area contributed by atoms with Crippen LogP contribution in [-0.4, -0.2) is 34.8 Å². The number of carbonyl (C=O) groups excluding carboxylic acids is 2. The first-order valence-corrected chi connectivity index (χ1v) is 12.8. The Balaban J connectivity index is 1.75. The lowest BCUT2D eigenvalue weighted by atomic mass is 10.1. The zero-order valence-electron chi connectivity index (χ0n) is 20.4. The van der Waals surface area contributed by atoms with E-state index in [1.54, 1.807) is 16.2 Å². The van der Waals surface area contributed by atoms with Gasteiger partial charge in [-0.05, 0) is 55.2 Å². The Hall–Kier alpha value is -3.12. The Morgan fingerprint density at radius 1 is 0.882 bits per heavy atom. The topological polar surface area (TPSA) is 52.7 Å². The first-order valence-electron chi connectivity index (χ1n) is 12.0. The zero-order valence-corrected chi connectivity index (χ0v) is 21.2. The van der Waals surface area contributed by atoms with Crippen LogP contribution in [0, 0.1) is 6.92 Å². The molecule has 0 spiro atoms. The van der Waals surface area contributed by atoms with Gasteiger partial charge < -0.3 is 15.1 Å². The molecule has 1 aromatic heterocycles. The summed E-state index contributed by atoms with van der Waals surface area (Å²) in [6.07, 6.45) is 2.70. The second-order valence-electron chi connectivity index (χ2n) is 8.51. The van der Waals surface area contributed by atoms with Gasteiger partial charge in [0, 0.05) is 28.5 Å². The molecule has 1 N–H and O–H groups in total. The number of thiophene rings is 1. The number of nitrogens with one attached hydrogen (secondary N) is 1. The van der Waals surface area contributed by atoms with Crippen LogP contribution in [0.1, 0.15) is 47.6 Å². The van der Waals surface area contributed by atoms with Crippen molar-refractivity contribution in [1.82, 2.24) is 9.80 Å². The number of aryl methyl sites for hydroxylation is 2. The minimum Gasteiger partial charge on any atom is -0.332 e. The van der Waals surface area contributed by atoms with Gasteiger partial charge >= 0.3 is 6.03 Å². The van der Waals surface area contributed by atoms with Crippen LogP contribution < -0.4 is 5.32 Å². The monoisotopic (exact) mass is 477 g/mol. The Kier molecular flexibility index (Phi) is 9.71. The van der Waals surface area contributed by atoms with Gasteiger partial charge in [-0.2, -0.15) is 0 Å². The molecule has 180 valence electrons. The summed E-state index contributed by atoms with van der Waals surface area (Å²) in [5.41, 5.74) is 2.99. The molecule has 0 fully saturated rings. The first-order chi connectivity index (χ1) is 16.5. The van der Waals surface area contributed by atoms with Crippen molar-refractivity contribution in [3.05, 3.63) is 87.6 Å². The van der Waals surface area contributed by atoms with Gasteiger partial charge in [0.15, 0.2) is 0 Å². The predicted molar refractivity (Wildman–Crippen MR) is 141 cm³/mol. The third-order valence-electron chi connectivity index (χ3n) is 5.69. The Morgan fingerprint density at radius 3 is 2.32 bits per heavy atom. The predicted octanol–water partition coefficient (Wildman–Crippen LogP) is 6.48. The minimum absolute atomic E-state index is 0.0521.